The van der Waals surface area contributed by atoms with Crippen LogP contribution in [0.1, 0.15) is 18.9 Å². The van der Waals surface area contributed by atoms with Gasteiger partial charge < -0.3 is 5.11 Å². The van der Waals surface area contributed by atoms with Crippen LogP contribution in [-0.4, -0.2) is 17.2 Å². The predicted molar refractivity (Wildman–Crippen MR) is 123 cm³/mol. The highest BCUT2D eigenvalue weighted by Crippen LogP contribution is 2.46. The van der Waals surface area contributed by atoms with Crippen LogP contribution in [0, 0.1) is 0 Å². The topological polar surface area (TPSA) is 43.8 Å². The summed E-state index contributed by atoms with van der Waals surface area (Å²) < 4.78 is 0. The Hall–Kier alpha value is -2.24. The van der Waals surface area contributed by atoms with E-state index in [0.29, 0.717) is 38.4 Å². The minimum atomic E-state index is -1.65. The molecule has 1 unspecified atom stereocenters. The van der Waals surface area contributed by atoms with Gasteiger partial charge in [-0.25, -0.2) is 4.79 Å². The third-order valence-electron chi connectivity index (χ3n) is 5.34. The molecular weight excluding hydrogens is 443 g/mol. The Balaban J connectivity index is 1.94. The molecular formula is C23H19Cl3N2O2. The second-order valence-corrected chi connectivity index (χ2v) is 8.41. The molecule has 1 N–H and O–H groups in total. The molecule has 4 nitrogen and oxygen atoms in total. The molecule has 1 aliphatic heterocycles. The predicted octanol–water partition coefficient (Wildman–Crippen LogP) is 6.72. The van der Waals surface area contributed by atoms with E-state index >= 15 is 0 Å². The number of halogens is 3. The second-order valence-electron chi connectivity index (χ2n) is 7.10. The Morgan fingerprint density at radius 3 is 1.97 bits per heavy atom. The van der Waals surface area contributed by atoms with Crippen LogP contribution in [0.25, 0.3) is 0 Å². The third kappa shape index (κ3) is 3.44. The van der Waals surface area contributed by atoms with Crippen LogP contribution in [-0.2, 0) is 5.72 Å². The number of rotatable bonds is 4. The minimum Gasteiger partial charge on any atom is -0.365 e. The number of benzene rings is 3. The van der Waals surface area contributed by atoms with Gasteiger partial charge in [-0.3, -0.25) is 9.80 Å². The van der Waals surface area contributed by atoms with Gasteiger partial charge in [0, 0.05) is 32.0 Å². The molecule has 0 aliphatic carbocycles. The zero-order valence-electron chi connectivity index (χ0n) is 16.1. The highest BCUT2D eigenvalue weighted by molar-refractivity contribution is 6.31. The SMILES string of the molecule is CC[C@H]1N(c2ccc(Cl)cc2)C(=O)N(c2ccc(Cl)cc2)C1(O)c1cccc(Cl)c1. The number of aliphatic hydroxyl groups is 1. The van der Waals surface area contributed by atoms with Crippen LogP contribution in [0.15, 0.2) is 72.8 Å². The third-order valence-corrected chi connectivity index (χ3v) is 6.08. The largest absolute Gasteiger partial charge is 0.365 e. The van der Waals surface area contributed by atoms with Crippen molar-refractivity contribution in [2.75, 3.05) is 9.80 Å². The van der Waals surface area contributed by atoms with Crippen molar-refractivity contribution < 1.29 is 9.90 Å². The fourth-order valence-electron chi connectivity index (χ4n) is 4.01. The van der Waals surface area contributed by atoms with Gasteiger partial charge in [0.1, 0.15) is 0 Å². The number of nitrogens with zero attached hydrogens (tertiary/aromatic N) is 2. The number of carbonyl (C=O) groups is 1. The van der Waals surface area contributed by atoms with E-state index in [-0.39, 0.29) is 6.03 Å². The van der Waals surface area contributed by atoms with Crippen molar-refractivity contribution in [3.63, 3.8) is 0 Å². The van der Waals surface area contributed by atoms with Gasteiger partial charge in [-0.05, 0) is 67.1 Å². The molecule has 0 saturated carbocycles. The number of hydrogen-bond acceptors (Lipinski definition) is 2. The van der Waals surface area contributed by atoms with Gasteiger partial charge in [-0.15, -0.1) is 0 Å². The van der Waals surface area contributed by atoms with E-state index in [1.807, 2.05) is 6.92 Å². The summed E-state index contributed by atoms with van der Waals surface area (Å²) in [6.07, 6.45) is 0.501. The summed E-state index contributed by atoms with van der Waals surface area (Å²) in [5.41, 5.74) is 0.0565. The summed E-state index contributed by atoms with van der Waals surface area (Å²) in [6.45, 7) is 1.93. The van der Waals surface area contributed by atoms with Crippen molar-refractivity contribution in [2.45, 2.75) is 25.1 Å². The van der Waals surface area contributed by atoms with Gasteiger partial charge in [0.15, 0.2) is 5.72 Å². The molecule has 1 fully saturated rings. The Kier molecular flexibility index (Phi) is 5.69. The average Bonchev–Trinajstić information content (AvgIpc) is 2.97. The van der Waals surface area contributed by atoms with Crippen molar-refractivity contribution in [3.8, 4) is 0 Å². The van der Waals surface area contributed by atoms with Crippen molar-refractivity contribution in [1.29, 1.82) is 0 Å². The molecule has 3 aromatic carbocycles. The van der Waals surface area contributed by atoms with Crippen LogP contribution in [0.5, 0.6) is 0 Å². The molecule has 7 heteroatoms. The Morgan fingerprint density at radius 2 is 1.43 bits per heavy atom. The molecule has 2 atom stereocenters. The summed E-state index contributed by atoms with van der Waals surface area (Å²) in [6, 6.07) is 19.8. The lowest BCUT2D eigenvalue weighted by Gasteiger charge is -2.37. The molecule has 30 heavy (non-hydrogen) atoms. The van der Waals surface area contributed by atoms with E-state index in [0.717, 1.165) is 0 Å². The second kappa shape index (κ2) is 8.12. The van der Waals surface area contributed by atoms with Crippen LogP contribution < -0.4 is 9.80 Å². The summed E-state index contributed by atoms with van der Waals surface area (Å²) in [5, 5.41) is 13.7. The standard InChI is InChI=1S/C23H19Cl3N2O2/c1-2-21-23(30,15-4-3-5-18(26)14-15)28(20-12-8-17(25)9-13-20)22(29)27(21)19-10-6-16(24)7-11-19/h3-14,21,30H,2H2,1H3/t21-,23?/m1/s1. The van der Waals surface area contributed by atoms with Crippen molar-refractivity contribution in [1.82, 2.24) is 0 Å². The molecule has 0 aromatic heterocycles. The number of carbonyl (C=O) groups excluding carboxylic acids is 1. The van der Waals surface area contributed by atoms with Gasteiger partial charge in [0.05, 0.1) is 6.04 Å². The first-order valence-corrected chi connectivity index (χ1v) is 10.6. The maximum Gasteiger partial charge on any atom is 0.332 e. The zero-order chi connectivity index (χ0) is 21.5. The zero-order valence-corrected chi connectivity index (χ0v) is 18.4. The number of hydrogen-bond donors (Lipinski definition) is 1. The molecule has 154 valence electrons. The van der Waals surface area contributed by atoms with E-state index in [4.69, 9.17) is 34.8 Å². The lowest BCUT2D eigenvalue weighted by Crippen LogP contribution is -2.49. The lowest BCUT2D eigenvalue weighted by atomic mass is 9.92. The molecule has 0 radical (unpaired) electrons. The summed E-state index contributed by atoms with van der Waals surface area (Å²) >= 11 is 18.3. The Labute approximate surface area is 190 Å². The number of urea groups is 1. The highest BCUT2D eigenvalue weighted by atomic mass is 35.5. The molecule has 0 bridgehead atoms. The van der Waals surface area contributed by atoms with Crippen molar-refractivity contribution in [2.24, 2.45) is 0 Å². The molecule has 1 heterocycles. The van der Waals surface area contributed by atoms with Gasteiger partial charge >= 0.3 is 6.03 Å². The number of anilines is 2. The summed E-state index contributed by atoms with van der Waals surface area (Å²) in [5.74, 6) is 0. The van der Waals surface area contributed by atoms with Gasteiger partial charge in [-0.2, -0.15) is 0 Å². The van der Waals surface area contributed by atoms with Crippen molar-refractivity contribution in [3.05, 3.63) is 93.4 Å². The van der Waals surface area contributed by atoms with E-state index in [9.17, 15) is 9.90 Å². The van der Waals surface area contributed by atoms with Crippen LogP contribution in [0.2, 0.25) is 15.1 Å². The van der Waals surface area contributed by atoms with Crippen LogP contribution in [0.3, 0.4) is 0 Å². The van der Waals surface area contributed by atoms with E-state index in [2.05, 4.69) is 0 Å². The van der Waals surface area contributed by atoms with E-state index < -0.39 is 11.8 Å². The Morgan fingerprint density at radius 1 is 0.867 bits per heavy atom. The van der Waals surface area contributed by atoms with Gasteiger partial charge in [-0.1, -0.05) is 53.9 Å². The Bertz CT molecular complexity index is 1070. The summed E-state index contributed by atoms with van der Waals surface area (Å²) in [4.78, 5) is 16.7. The molecule has 0 spiro atoms. The molecule has 3 aromatic rings. The fourth-order valence-corrected chi connectivity index (χ4v) is 4.45. The maximum atomic E-state index is 13.7. The van der Waals surface area contributed by atoms with Gasteiger partial charge in [0.2, 0.25) is 0 Å². The van der Waals surface area contributed by atoms with Gasteiger partial charge in [0.25, 0.3) is 0 Å². The first-order chi connectivity index (χ1) is 14.4. The number of amides is 2. The highest BCUT2D eigenvalue weighted by Gasteiger charge is 2.58. The monoisotopic (exact) mass is 460 g/mol. The maximum absolute atomic E-state index is 13.7. The van der Waals surface area contributed by atoms with Crippen LogP contribution >= 0.6 is 34.8 Å². The fraction of sp³-hybridized carbons (Fsp3) is 0.174. The summed E-state index contributed by atoms with van der Waals surface area (Å²) in [7, 11) is 0. The smallest absolute Gasteiger partial charge is 0.332 e. The average molecular weight is 462 g/mol. The minimum absolute atomic E-state index is 0.353. The molecule has 2 amide bonds. The van der Waals surface area contributed by atoms with E-state index in [1.165, 1.54) is 4.90 Å². The van der Waals surface area contributed by atoms with Crippen molar-refractivity contribution >= 4 is 52.2 Å². The normalized spacial score (nSPS) is 21.4. The van der Waals surface area contributed by atoms with Crippen LogP contribution in [0.4, 0.5) is 16.2 Å². The molecule has 4 rings (SSSR count). The van der Waals surface area contributed by atoms with E-state index in [1.54, 1.807) is 77.7 Å². The quantitative estimate of drug-likeness (QED) is 0.469. The first-order valence-electron chi connectivity index (χ1n) is 9.49. The molecule has 1 aliphatic rings. The molecule has 1 saturated heterocycles. The lowest BCUT2D eigenvalue weighted by molar-refractivity contribution is 0.0307. The first kappa shape index (κ1) is 21.0.